The van der Waals surface area contributed by atoms with Gasteiger partial charge in [0.2, 0.25) is 0 Å². The first kappa shape index (κ1) is 25.9. The summed E-state index contributed by atoms with van der Waals surface area (Å²) in [5.74, 6) is 0.340. The highest BCUT2D eigenvalue weighted by Gasteiger charge is 2.33. The summed E-state index contributed by atoms with van der Waals surface area (Å²) >= 11 is 10.2. The van der Waals surface area contributed by atoms with Crippen LogP contribution in [0.1, 0.15) is 18.1 Å². The summed E-state index contributed by atoms with van der Waals surface area (Å²) in [6.45, 7) is 1.89. The predicted molar refractivity (Wildman–Crippen MR) is 153 cm³/mol. The first-order chi connectivity index (χ1) is 17.4. The molecule has 2 amide bonds. The molecule has 0 radical (unpaired) electrons. The number of nitrogens with zero attached hydrogens (tertiary/aromatic N) is 1. The number of halogens is 1. The van der Waals surface area contributed by atoms with Gasteiger partial charge < -0.3 is 14.8 Å². The third-order valence-corrected chi connectivity index (χ3v) is 7.24. The van der Waals surface area contributed by atoms with Crippen LogP contribution in [-0.2, 0) is 16.0 Å². The van der Waals surface area contributed by atoms with E-state index in [9.17, 15) is 9.59 Å². The Bertz CT molecular complexity index is 1330. The van der Waals surface area contributed by atoms with Gasteiger partial charge in [-0.15, -0.1) is 0 Å². The van der Waals surface area contributed by atoms with Crippen LogP contribution in [-0.4, -0.2) is 29.9 Å². The summed E-state index contributed by atoms with van der Waals surface area (Å²) in [4.78, 5) is 27.5. The first-order valence-electron chi connectivity index (χ1n) is 11.1. The number of thioether (sulfide) groups is 1. The molecule has 6 nitrogen and oxygen atoms in total. The Labute approximate surface area is 227 Å². The topological polar surface area (TPSA) is 67.9 Å². The molecular formula is C27H23BrN2O4S2. The van der Waals surface area contributed by atoms with E-state index >= 15 is 0 Å². The molecule has 0 atom stereocenters. The predicted octanol–water partition coefficient (Wildman–Crippen LogP) is 6.44. The van der Waals surface area contributed by atoms with Crippen molar-refractivity contribution in [2.24, 2.45) is 0 Å². The van der Waals surface area contributed by atoms with Crippen LogP contribution < -0.4 is 19.7 Å². The van der Waals surface area contributed by atoms with Gasteiger partial charge in [0.1, 0.15) is 0 Å². The minimum absolute atomic E-state index is 0.178. The zero-order valence-electron chi connectivity index (χ0n) is 19.6. The minimum atomic E-state index is -0.296. The molecule has 0 unspecified atom stereocenters. The SMILES string of the molecule is CCc1ccc(N2C(=O)/C(=C/c3cc(Br)c(OCC(=O)Nc4ccccc4)c(OC)c3)SC2=S)cc1. The number of hydrogen-bond acceptors (Lipinski definition) is 6. The maximum Gasteiger partial charge on any atom is 0.270 e. The molecule has 36 heavy (non-hydrogen) atoms. The lowest BCUT2D eigenvalue weighted by atomic mass is 10.1. The Morgan fingerprint density at radius 3 is 2.53 bits per heavy atom. The average molecular weight is 584 g/mol. The molecule has 4 rings (SSSR count). The maximum absolute atomic E-state index is 13.1. The van der Waals surface area contributed by atoms with Crippen molar-refractivity contribution in [1.82, 2.24) is 0 Å². The second-order valence-electron chi connectivity index (χ2n) is 7.77. The van der Waals surface area contributed by atoms with Crippen molar-refractivity contribution in [1.29, 1.82) is 0 Å². The number of anilines is 2. The molecule has 9 heteroatoms. The molecular weight excluding hydrogens is 560 g/mol. The number of para-hydroxylation sites is 1. The van der Waals surface area contributed by atoms with Crippen LogP contribution in [0.2, 0.25) is 0 Å². The van der Waals surface area contributed by atoms with Gasteiger partial charge in [0.25, 0.3) is 11.8 Å². The first-order valence-corrected chi connectivity index (χ1v) is 13.1. The van der Waals surface area contributed by atoms with Gasteiger partial charge in [0.15, 0.2) is 22.4 Å². The summed E-state index contributed by atoms with van der Waals surface area (Å²) in [5, 5.41) is 2.77. The number of amides is 2. The Hall–Kier alpha value is -3.14. The molecule has 1 heterocycles. The van der Waals surface area contributed by atoms with E-state index in [2.05, 4.69) is 28.2 Å². The van der Waals surface area contributed by atoms with E-state index in [1.807, 2.05) is 42.5 Å². The lowest BCUT2D eigenvalue weighted by Gasteiger charge is -2.15. The van der Waals surface area contributed by atoms with Crippen molar-refractivity contribution < 1.29 is 19.1 Å². The van der Waals surface area contributed by atoms with Gasteiger partial charge in [0.05, 0.1) is 22.2 Å². The highest BCUT2D eigenvalue weighted by molar-refractivity contribution is 9.10. The number of hydrogen-bond donors (Lipinski definition) is 1. The zero-order chi connectivity index (χ0) is 25.7. The average Bonchev–Trinajstić information content (AvgIpc) is 3.16. The summed E-state index contributed by atoms with van der Waals surface area (Å²) in [6.07, 6.45) is 2.69. The van der Waals surface area contributed by atoms with Gasteiger partial charge in [-0.1, -0.05) is 61.2 Å². The van der Waals surface area contributed by atoms with Crippen molar-refractivity contribution in [3.05, 3.63) is 87.2 Å². The monoisotopic (exact) mass is 582 g/mol. The second-order valence-corrected chi connectivity index (χ2v) is 10.3. The molecule has 184 valence electrons. The quantitative estimate of drug-likeness (QED) is 0.243. The fourth-order valence-corrected chi connectivity index (χ4v) is 5.42. The summed E-state index contributed by atoms with van der Waals surface area (Å²) in [7, 11) is 1.52. The van der Waals surface area contributed by atoms with E-state index in [-0.39, 0.29) is 18.4 Å². The Kier molecular flexibility index (Phi) is 8.45. The van der Waals surface area contributed by atoms with E-state index < -0.39 is 0 Å². The van der Waals surface area contributed by atoms with E-state index in [4.69, 9.17) is 21.7 Å². The lowest BCUT2D eigenvalue weighted by molar-refractivity contribution is -0.118. The summed E-state index contributed by atoms with van der Waals surface area (Å²) in [6, 6.07) is 20.5. The zero-order valence-corrected chi connectivity index (χ0v) is 22.8. The van der Waals surface area contributed by atoms with Crippen LogP contribution in [0.4, 0.5) is 11.4 Å². The molecule has 1 saturated heterocycles. The van der Waals surface area contributed by atoms with Crippen molar-refractivity contribution in [2.45, 2.75) is 13.3 Å². The van der Waals surface area contributed by atoms with Crippen LogP contribution in [0.25, 0.3) is 6.08 Å². The number of nitrogens with one attached hydrogen (secondary N) is 1. The van der Waals surface area contributed by atoms with E-state index in [0.29, 0.717) is 30.9 Å². The fraction of sp³-hybridized carbons (Fsp3) is 0.148. The summed E-state index contributed by atoms with van der Waals surface area (Å²) < 4.78 is 12.3. The van der Waals surface area contributed by atoms with Crippen molar-refractivity contribution in [3.63, 3.8) is 0 Å². The van der Waals surface area contributed by atoms with Crippen LogP contribution >= 0.6 is 39.9 Å². The smallest absolute Gasteiger partial charge is 0.270 e. The molecule has 3 aromatic carbocycles. The third-order valence-electron chi connectivity index (χ3n) is 5.35. The number of thiocarbonyl (C=S) groups is 1. The Morgan fingerprint density at radius 2 is 1.86 bits per heavy atom. The second kappa shape index (κ2) is 11.7. The van der Waals surface area contributed by atoms with Crippen LogP contribution in [0.3, 0.4) is 0 Å². The van der Waals surface area contributed by atoms with Gasteiger partial charge >= 0.3 is 0 Å². The van der Waals surface area contributed by atoms with Crippen LogP contribution in [0.5, 0.6) is 11.5 Å². The fourth-order valence-electron chi connectivity index (χ4n) is 3.54. The number of benzene rings is 3. The molecule has 0 aromatic heterocycles. The minimum Gasteiger partial charge on any atom is -0.493 e. The largest absolute Gasteiger partial charge is 0.493 e. The van der Waals surface area contributed by atoms with E-state index in [1.54, 1.807) is 35.2 Å². The Balaban J connectivity index is 1.50. The summed E-state index contributed by atoms with van der Waals surface area (Å²) in [5.41, 5.74) is 3.35. The number of methoxy groups -OCH3 is 1. The molecule has 1 aliphatic rings. The van der Waals surface area contributed by atoms with Gasteiger partial charge in [0, 0.05) is 5.69 Å². The molecule has 1 aliphatic heterocycles. The van der Waals surface area contributed by atoms with Gasteiger partial charge in [-0.3, -0.25) is 14.5 Å². The number of carbonyl (C=O) groups is 2. The normalized spacial score (nSPS) is 14.3. The molecule has 0 aliphatic carbocycles. The maximum atomic E-state index is 13.1. The number of ether oxygens (including phenoxy) is 2. The van der Waals surface area contributed by atoms with Crippen molar-refractivity contribution in [2.75, 3.05) is 23.9 Å². The molecule has 0 bridgehead atoms. The van der Waals surface area contributed by atoms with Crippen LogP contribution in [0, 0.1) is 0 Å². The highest BCUT2D eigenvalue weighted by atomic mass is 79.9. The van der Waals surface area contributed by atoms with Crippen molar-refractivity contribution in [3.8, 4) is 11.5 Å². The standard InChI is InChI=1S/C27H23BrN2O4S2/c1-3-17-9-11-20(12-10-17)30-26(32)23(36-27(30)35)15-18-13-21(28)25(22(14-18)33-2)34-16-24(31)29-19-7-5-4-6-8-19/h4-15H,3,16H2,1-2H3,(H,29,31)/b23-15-. The van der Waals surface area contributed by atoms with Gasteiger partial charge in [-0.25, -0.2) is 0 Å². The van der Waals surface area contributed by atoms with Crippen molar-refractivity contribution >= 4 is 73.5 Å². The molecule has 0 saturated carbocycles. The number of carbonyl (C=O) groups excluding carboxylic acids is 2. The Morgan fingerprint density at radius 1 is 1.14 bits per heavy atom. The van der Waals surface area contributed by atoms with Gasteiger partial charge in [-0.05, 0) is 76.0 Å². The molecule has 3 aromatic rings. The van der Waals surface area contributed by atoms with Gasteiger partial charge in [-0.2, -0.15) is 0 Å². The number of aryl methyl sites for hydroxylation is 1. The van der Waals surface area contributed by atoms with E-state index in [1.165, 1.54) is 24.4 Å². The molecule has 0 spiro atoms. The molecule has 1 fully saturated rings. The van der Waals surface area contributed by atoms with Crippen LogP contribution in [0.15, 0.2) is 76.1 Å². The number of rotatable bonds is 8. The van der Waals surface area contributed by atoms with E-state index in [0.717, 1.165) is 17.7 Å². The highest BCUT2D eigenvalue weighted by Crippen LogP contribution is 2.40. The molecule has 1 N–H and O–H groups in total. The third kappa shape index (κ3) is 5.98. The lowest BCUT2D eigenvalue weighted by Crippen LogP contribution is -2.27.